The number of hydrogen-bond acceptors (Lipinski definition) is 5. The largest absolute Gasteiger partial charge is 0.457 e. The van der Waals surface area contributed by atoms with Gasteiger partial charge in [0.25, 0.3) is 0 Å². The van der Waals surface area contributed by atoms with E-state index >= 15 is 0 Å². The van der Waals surface area contributed by atoms with Gasteiger partial charge in [-0.1, -0.05) is 23.8 Å². The van der Waals surface area contributed by atoms with E-state index in [1.54, 1.807) is 0 Å². The first-order chi connectivity index (χ1) is 12.3. The molecule has 2 saturated carbocycles. The molecular formula is C21H24O5. The first-order valence-corrected chi connectivity index (χ1v) is 9.41. The van der Waals surface area contributed by atoms with Crippen LogP contribution in [0.15, 0.2) is 36.0 Å². The van der Waals surface area contributed by atoms with Crippen molar-refractivity contribution in [3.63, 3.8) is 0 Å². The molecule has 0 aromatic rings. The Hall–Kier alpha value is -1.88. The third-order valence-corrected chi connectivity index (χ3v) is 7.83. The summed E-state index contributed by atoms with van der Waals surface area (Å²) >= 11 is 0. The van der Waals surface area contributed by atoms with Crippen LogP contribution < -0.4 is 0 Å². The minimum absolute atomic E-state index is 0.0357. The molecule has 1 N–H and O–H groups in total. The van der Waals surface area contributed by atoms with Gasteiger partial charge in [0.05, 0.1) is 6.61 Å². The molecule has 138 valence electrons. The van der Waals surface area contributed by atoms with Gasteiger partial charge in [-0.25, -0.2) is 0 Å². The quantitative estimate of drug-likeness (QED) is 0.607. The van der Waals surface area contributed by atoms with Crippen molar-refractivity contribution in [1.82, 2.24) is 0 Å². The highest BCUT2D eigenvalue weighted by Gasteiger charge is 2.80. The molecule has 1 spiro atoms. The summed E-state index contributed by atoms with van der Waals surface area (Å²) in [5, 5.41) is 10.3. The van der Waals surface area contributed by atoms with Crippen molar-refractivity contribution >= 4 is 11.9 Å². The molecule has 6 rings (SSSR count). The van der Waals surface area contributed by atoms with Gasteiger partial charge in [0.1, 0.15) is 17.1 Å². The number of carbonyl (C=O) groups is 2. The van der Waals surface area contributed by atoms with Crippen LogP contribution in [0.25, 0.3) is 0 Å². The molecule has 3 fully saturated rings. The molecule has 0 aromatic carbocycles. The summed E-state index contributed by atoms with van der Waals surface area (Å²) in [5.41, 5.74) is 0.331. The zero-order valence-corrected chi connectivity index (χ0v) is 15.2. The van der Waals surface area contributed by atoms with E-state index in [0.717, 1.165) is 19.3 Å². The molecule has 5 heteroatoms. The Morgan fingerprint density at radius 2 is 2.27 bits per heavy atom. The molecule has 6 aliphatic rings. The molecule has 1 heterocycles. The second-order valence-electron chi connectivity index (χ2n) is 8.81. The molecule has 1 saturated heterocycles. The van der Waals surface area contributed by atoms with Crippen LogP contribution in [0.5, 0.6) is 0 Å². The van der Waals surface area contributed by atoms with Crippen molar-refractivity contribution in [2.45, 2.75) is 44.8 Å². The SMILES string of the molecule is C=C1C[C@@]23CC[C@@H]1C=C2[C@@H](CO)[C@@H]1[C@]2(C)C(=O)O[C@@]13C=C[C@H]2OC(C)=O. The van der Waals surface area contributed by atoms with Crippen LogP contribution in [0.2, 0.25) is 0 Å². The lowest BCUT2D eigenvalue weighted by atomic mass is 9.53. The van der Waals surface area contributed by atoms with Crippen molar-refractivity contribution in [1.29, 1.82) is 0 Å². The third kappa shape index (κ3) is 1.50. The lowest BCUT2D eigenvalue weighted by Gasteiger charge is -2.52. The van der Waals surface area contributed by atoms with Gasteiger partial charge in [0.15, 0.2) is 0 Å². The zero-order valence-electron chi connectivity index (χ0n) is 15.2. The van der Waals surface area contributed by atoms with Crippen LogP contribution >= 0.6 is 0 Å². The van der Waals surface area contributed by atoms with E-state index in [1.807, 2.05) is 19.1 Å². The van der Waals surface area contributed by atoms with E-state index in [9.17, 15) is 14.7 Å². The van der Waals surface area contributed by atoms with Gasteiger partial charge in [-0.05, 0) is 44.3 Å². The Morgan fingerprint density at radius 3 is 2.92 bits per heavy atom. The monoisotopic (exact) mass is 356 g/mol. The summed E-state index contributed by atoms with van der Waals surface area (Å²) in [5.74, 6) is -0.796. The highest BCUT2D eigenvalue weighted by atomic mass is 16.6. The van der Waals surface area contributed by atoms with E-state index < -0.39 is 23.1 Å². The number of esters is 2. The number of rotatable bonds is 2. The van der Waals surface area contributed by atoms with Gasteiger partial charge in [0.2, 0.25) is 0 Å². The fourth-order valence-electron chi connectivity index (χ4n) is 6.83. The molecule has 0 amide bonds. The Morgan fingerprint density at radius 1 is 1.50 bits per heavy atom. The predicted octanol–water partition coefficient (Wildman–Crippen LogP) is 2.31. The van der Waals surface area contributed by atoms with Gasteiger partial charge in [-0.2, -0.15) is 0 Å². The van der Waals surface area contributed by atoms with Crippen molar-refractivity contribution in [3.05, 3.63) is 36.0 Å². The summed E-state index contributed by atoms with van der Waals surface area (Å²) < 4.78 is 11.7. The van der Waals surface area contributed by atoms with E-state index in [-0.39, 0.29) is 29.8 Å². The first kappa shape index (κ1) is 16.3. The molecule has 1 aliphatic heterocycles. The molecule has 7 atom stereocenters. The molecule has 5 aliphatic carbocycles. The molecule has 5 nitrogen and oxygen atoms in total. The Kier molecular flexibility index (Phi) is 2.94. The molecule has 26 heavy (non-hydrogen) atoms. The second kappa shape index (κ2) is 4.69. The molecular weight excluding hydrogens is 332 g/mol. The highest BCUT2D eigenvalue weighted by Crippen LogP contribution is 2.75. The van der Waals surface area contributed by atoms with Crippen molar-refractivity contribution in [2.75, 3.05) is 6.61 Å². The summed E-state index contributed by atoms with van der Waals surface area (Å²) in [6.07, 6.45) is 8.12. The number of aliphatic hydroxyl groups is 1. The van der Waals surface area contributed by atoms with Gasteiger partial charge in [-0.15, -0.1) is 0 Å². The zero-order chi connectivity index (χ0) is 18.5. The van der Waals surface area contributed by atoms with E-state index in [1.165, 1.54) is 18.1 Å². The summed E-state index contributed by atoms with van der Waals surface area (Å²) in [6.45, 7) is 7.42. The summed E-state index contributed by atoms with van der Waals surface area (Å²) in [7, 11) is 0. The van der Waals surface area contributed by atoms with Crippen LogP contribution in [0.1, 0.15) is 33.1 Å². The maximum atomic E-state index is 13.1. The smallest absolute Gasteiger partial charge is 0.317 e. The number of carbonyl (C=O) groups excluding carboxylic acids is 2. The van der Waals surface area contributed by atoms with Crippen molar-refractivity contribution in [3.8, 4) is 0 Å². The van der Waals surface area contributed by atoms with Crippen molar-refractivity contribution in [2.24, 2.45) is 28.6 Å². The van der Waals surface area contributed by atoms with Crippen LogP contribution in [0.3, 0.4) is 0 Å². The maximum Gasteiger partial charge on any atom is 0.317 e. The normalized spacial score (nSPS) is 50.2. The van der Waals surface area contributed by atoms with Crippen LogP contribution in [0.4, 0.5) is 0 Å². The van der Waals surface area contributed by atoms with Gasteiger partial charge >= 0.3 is 11.9 Å². The predicted molar refractivity (Wildman–Crippen MR) is 92.7 cm³/mol. The van der Waals surface area contributed by atoms with Crippen molar-refractivity contribution < 1.29 is 24.2 Å². The van der Waals surface area contributed by atoms with Gasteiger partial charge in [-0.3, -0.25) is 9.59 Å². The van der Waals surface area contributed by atoms with Crippen LogP contribution in [0, 0.1) is 28.6 Å². The number of hydrogen-bond donors (Lipinski definition) is 1. The molecule has 0 aromatic heterocycles. The summed E-state index contributed by atoms with van der Waals surface area (Å²) in [6, 6.07) is 0. The molecule has 0 radical (unpaired) electrons. The van der Waals surface area contributed by atoms with Gasteiger partial charge in [0, 0.05) is 24.2 Å². The first-order valence-electron chi connectivity index (χ1n) is 9.41. The number of aliphatic hydroxyl groups excluding tert-OH is 1. The Bertz CT molecular complexity index is 809. The van der Waals surface area contributed by atoms with E-state index in [0.29, 0.717) is 5.92 Å². The highest BCUT2D eigenvalue weighted by molar-refractivity contribution is 5.85. The average Bonchev–Trinajstić information content (AvgIpc) is 2.93. The van der Waals surface area contributed by atoms with Crippen LogP contribution in [-0.2, 0) is 19.1 Å². The van der Waals surface area contributed by atoms with Crippen LogP contribution in [-0.4, -0.2) is 35.4 Å². The minimum Gasteiger partial charge on any atom is -0.457 e. The van der Waals surface area contributed by atoms with E-state index in [4.69, 9.17) is 9.47 Å². The number of ether oxygens (including phenoxy) is 2. The Labute approximate surface area is 152 Å². The second-order valence-corrected chi connectivity index (χ2v) is 8.81. The van der Waals surface area contributed by atoms with E-state index in [2.05, 4.69) is 12.7 Å². The Balaban J connectivity index is 1.75. The molecule has 0 unspecified atom stereocenters. The third-order valence-electron chi connectivity index (χ3n) is 7.83. The summed E-state index contributed by atoms with van der Waals surface area (Å²) in [4.78, 5) is 24.7. The van der Waals surface area contributed by atoms with Gasteiger partial charge < -0.3 is 14.6 Å². The number of fused-ring (bicyclic) bond motifs is 2. The fourth-order valence-corrected chi connectivity index (χ4v) is 6.83. The minimum atomic E-state index is -0.986. The fraction of sp³-hybridized carbons (Fsp3) is 0.619. The molecule has 4 bridgehead atoms. The lowest BCUT2D eigenvalue weighted by molar-refractivity contribution is -0.162. The topological polar surface area (TPSA) is 72.8 Å². The standard InChI is InChI=1S/C21H24O5/c1-11-9-20-6-4-13(11)8-15(20)14(10-22)17-19(3)16(25-12(2)23)5-7-21(17,20)26-18(19)24/h5,7-8,13-14,16-17,22H,1,4,6,9-10H2,2-3H3/t13-,14-,16-,17-,19-,20+,21+/m1/s1. The maximum absolute atomic E-state index is 13.1. The number of allylic oxidation sites excluding steroid dienone is 2. The lowest BCUT2D eigenvalue weighted by Crippen LogP contribution is -2.55. The average molecular weight is 356 g/mol.